The predicted octanol–water partition coefficient (Wildman–Crippen LogP) is 3.57. The number of ether oxygens (including phenoxy) is 1. The van der Waals surface area contributed by atoms with Crippen LogP contribution in [0.4, 0.5) is 15.8 Å². The Hall–Kier alpha value is -3.00. The van der Waals surface area contributed by atoms with E-state index in [0.29, 0.717) is 5.69 Å². The van der Waals surface area contributed by atoms with Crippen molar-refractivity contribution in [3.05, 3.63) is 69.0 Å². The van der Waals surface area contributed by atoms with Crippen molar-refractivity contribution in [1.82, 2.24) is 0 Å². The molecule has 1 atom stereocenters. The van der Waals surface area contributed by atoms with Crippen LogP contribution in [0.2, 0.25) is 5.02 Å². The maximum atomic E-state index is 12.8. The predicted molar refractivity (Wildman–Crippen MR) is 88.0 cm³/mol. The number of hydrogen-bond acceptors (Lipinski definition) is 5. The van der Waals surface area contributed by atoms with Crippen molar-refractivity contribution in [3.8, 4) is 0 Å². The van der Waals surface area contributed by atoms with Crippen LogP contribution < -0.4 is 5.32 Å². The second kappa shape index (κ2) is 7.71. The minimum absolute atomic E-state index is 0.103. The van der Waals surface area contributed by atoms with Crippen molar-refractivity contribution >= 4 is 34.9 Å². The quantitative estimate of drug-likeness (QED) is 0.495. The highest BCUT2D eigenvalue weighted by atomic mass is 35.5. The summed E-state index contributed by atoms with van der Waals surface area (Å²) in [5.41, 5.74) is -0.0417. The molecule has 130 valence electrons. The summed E-state index contributed by atoms with van der Waals surface area (Å²) in [4.78, 5) is 34.0. The lowest BCUT2D eigenvalue weighted by molar-refractivity contribution is -0.384. The fourth-order valence-electron chi connectivity index (χ4n) is 1.84. The van der Waals surface area contributed by atoms with E-state index in [4.69, 9.17) is 16.3 Å². The normalized spacial score (nSPS) is 11.5. The summed E-state index contributed by atoms with van der Waals surface area (Å²) in [6, 6.07) is 8.32. The molecule has 0 aromatic heterocycles. The average Bonchev–Trinajstić information content (AvgIpc) is 2.56. The van der Waals surface area contributed by atoms with Gasteiger partial charge in [0.2, 0.25) is 0 Å². The molecule has 0 saturated heterocycles. The molecule has 0 radical (unpaired) electrons. The standard InChI is InChI=1S/C16H12ClFN2O5/c1-9(15(21)19-11-4-2-10(18)3-5-11)25-16(22)13-7-6-12(20(23)24)8-14(13)17/h2-9H,1H3,(H,19,21)/t9-/m1/s1. The minimum Gasteiger partial charge on any atom is -0.449 e. The van der Waals surface area contributed by atoms with Gasteiger partial charge in [0.05, 0.1) is 15.5 Å². The Balaban J connectivity index is 2.02. The first-order valence-electron chi connectivity index (χ1n) is 6.99. The highest BCUT2D eigenvalue weighted by Crippen LogP contribution is 2.23. The van der Waals surface area contributed by atoms with E-state index in [-0.39, 0.29) is 16.3 Å². The van der Waals surface area contributed by atoms with Crippen molar-refractivity contribution in [2.45, 2.75) is 13.0 Å². The molecule has 1 N–H and O–H groups in total. The van der Waals surface area contributed by atoms with Gasteiger partial charge in [0.25, 0.3) is 11.6 Å². The molecule has 7 nitrogen and oxygen atoms in total. The van der Waals surface area contributed by atoms with Crippen LogP contribution in [0.25, 0.3) is 0 Å². The second-order valence-electron chi connectivity index (χ2n) is 4.96. The molecular formula is C16H12ClFN2O5. The average molecular weight is 367 g/mol. The van der Waals surface area contributed by atoms with Crippen LogP contribution >= 0.6 is 11.6 Å². The summed E-state index contributed by atoms with van der Waals surface area (Å²) in [7, 11) is 0. The molecule has 2 rings (SSSR count). The molecule has 0 aliphatic heterocycles. The molecule has 0 heterocycles. The van der Waals surface area contributed by atoms with Crippen LogP contribution in [0.15, 0.2) is 42.5 Å². The summed E-state index contributed by atoms with van der Waals surface area (Å²) in [5, 5.41) is 12.9. The molecule has 0 spiro atoms. The van der Waals surface area contributed by atoms with Crippen LogP contribution in [0, 0.1) is 15.9 Å². The van der Waals surface area contributed by atoms with Gasteiger partial charge < -0.3 is 10.1 Å². The topological polar surface area (TPSA) is 98.5 Å². The molecule has 2 aromatic carbocycles. The Bertz CT molecular complexity index is 826. The summed E-state index contributed by atoms with van der Waals surface area (Å²) >= 11 is 5.83. The van der Waals surface area contributed by atoms with Gasteiger partial charge in [-0.2, -0.15) is 0 Å². The molecule has 0 aliphatic carbocycles. The Kier molecular flexibility index (Phi) is 5.66. The molecule has 0 saturated carbocycles. The van der Waals surface area contributed by atoms with E-state index >= 15 is 0 Å². The Morgan fingerprint density at radius 1 is 1.24 bits per heavy atom. The van der Waals surface area contributed by atoms with Crippen LogP contribution in [-0.2, 0) is 9.53 Å². The number of anilines is 1. The van der Waals surface area contributed by atoms with E-state index in [1.807, 2.05) is 0 Å². The molecular weight excluding hydrogens is 355 g/mol. The van der Waals surface area contributed by atoms with E-state index in [1.165, 1.54) is 31.2 Å². The SMILES string of the molecule is C[C@@H](OC(=O)c1ccc([N+](=O)[O-])cc1Cl)C(=O)Nc1ccc(F)cc1. The van der Waals surface area contributed by atoms with Crippen molar-refractivity contribution in [2.24, 2.45) is 0 Å². The van der Waals surface area contributed by atoms with Crippen molar-refractivity contribution in [3.63, 3.8) is 0 Å². The third-order valence-corrected chi connectivity index (χ3v) is 3.46. The third-order valence-electron chi connectivity index (χ3n) is 3.15. The number of esters is 1. The Morgan fingerprint density at radius 2 is 1.88 bits per heavy atom. The molecule has 25 heavy (non-hydrogen) atoms. The fraction of sp³-hybridized carbons (Fsp3) is 0.125. The number of carbonyl (C=O) groups is 2. The number of benzene rings is 2. The van der Waals surface area contributed by atoms with Crippen molar-refractivity contribution in [2.75, 3.05) is 5.32 Å². The lowest BCUT2D eigenvalue weighted by Crippen LogP contribution is -2.30. The van der Waals surface area contributed by atoms with E-state index in [0.717, 1.165) is 18.2 Å². The van der Waals surface area contributed by atoms with E-state index in [9.17, 15) is 24.1 Å². The lowest BCUT2D eigenvalue weighted by atomic mass is 10.2. The van der Waals surface area contributed by atoms with Gasteiger partial charge in [0.1, 0.15) is 5.82 Å². The second-order valence-corrected chi connectivity index (χ2v) is 5.37. The Labute approximate surface area is 146 Å². The van der Waals surface area contributed by atoms with E-state index in [2.05, 4.69) is 5.32 Å². The number of hydrogen-bond donors (Lipinski definition) is 1. The zero-order chi connectivity index (χ0) is 18.6. The van der Waals surface area contributed by atoms with Gasteiger partial charge in [-0.25, -0.2) is 9.18 Å². The first-order valence-corrected chi connectivity index (χ1v) is 7.37. The fourth-order valence-corrected chi connectivity index (χ4v) is 2.09. The zero-order valence-electron chi connectivity index (χ0n) is 12.9. The molecule has 0 aliphatic rings. The van der Waals surface area contributed by atoms with Crippen molar-refractivity contribution < 1.29 is 23.6 Å². The number of halogens is 2. The maximum absolute atomic E-state index is 12.8. The smallest absolute Gasteiger partial charge is 0.340 e. The van der Waals surface area contributed by atoms with Gasteiger partial charge in [-0.1, -0.05) is 11.6 Å². The van der Waals surface area contributed by atoms with Crippen LogP contribution in [0.5, 0.6) is 0 Å². The molecule has 2 aromatic rings. The molecule has 0 fully saturated rings. The number of nitro groups is 1. The summed E-state index contributed by atoms with van der Waals surface area (Å²) in [6.45, 7) is 1.34. The minimum atomic E-state index is -1.16. The first-order chi connectivity index (χ1) is 11.8. The molecule has 0 unspecified atom stereocenters. The summed E-state index contributed by atoms with van der Waals surface area (Å²) in [5.74, 6) is -1.98. The maximum Gasteiger partial charge on any atom is 0.340 e. The Morgan fingerprint density at radius 3 is 2.44 bits per heavy atom. The number of nitrogens with one attached hydrogen (secondary N) is 1. The number of carbonyl (C=O) groups excluding carboxylic acids is 2. The summed E-state index contributed by atoms with van der Waals surface area (Å²) < 4.78 is 17.8. The van der Waals surface area contributed by atoms with Gasteiger partial charge in [-0.05, 0) is 37.3 Å². The van der Waals surface area contributed by atoms with Gasteiger partial charge in [-0.3, -0.25) is 14.9 Å². The van der Waals surface area contributed by atoms with Gasteiger partial charge in [0.15, 0.2) is 6.10 Å². The first kappa shape index (κ1) is 18.3. The summed E-state index contributed by atoms with van der Waals surface area (Å²) in [6.07, 6.45) is -1.16. The number of amides is 1. The van der Waals surface area contributed by atoms with Gasteiger partial charge >= 0.3 is 5.97 Å². The van der Waals surface area contributed by atoms with Gasteiger partial charge in [-0.15, -0.1) is 0 Å². The zero-order valence-corrected chi connectivity index (χ0v) is 13.6. The van der Waals surface area contributed by atoms with Gasteiger partial charge in [0, 0.05) is 17.8 Å². The van der Waals surface area contributed by atoms with Crippen LogP contribution in [0.3, 0.4) is 0 Å². The highest BCUT2D eigenvalue weighted by molar-refractivity contribution is 6.33. The number of non-ortho nitro benzene ring substituents is 1. The molecule has 1 amide bonds. The lowest BCUT2D eigenvalue weighted by Gasteiger charge is -2.14. The number of nitrogens with zero attached hydrogens (tertiary/aromatic N) is 1. The number of rotatable bonds is 5. The largest absolute Gasteiger partial charge is 0.449 e. The molecule has 9 heteroatoms. The number of nitro benzene ring substituents is 1. The van der Waals surface area contributed by atoms with Crippen molar-refractivity contribution in [1.29, 1.82) is 0 Å². The van der Waals surface area contributed by atoms with Crippen LogP contribution in [0.1, 0.15) is 17.3 Å². The third kappa shape index (κ3) is 4.74. The molecule has 0 bridgehead atoms. The van der Waals surface area contributed by atoms with Crippen LogP contribution in [-0.4, -0.2) is 22.9 Å². The van der Waals surface area contributed by atoms with E-state index < -0.39 is 28.7 Å². The van der Waals surface area contributed by atoms with E-state index in [1.54, 1.807) is 0 Å². The monoisotopic (exact) mass is 366 g/mol. The highest BCUT2D eigenvalue weighted by Gasteiger charge is 2.22.